The first-order valence-corrected chi connectivity index (χ1v) is 5.95. The number of aryl methyl sites for hydroxylation is 1. The van der Waals surface area contributed by atoms with Crippen LogP contribution in [0.15, 0.2) is 60.8 Å². The molecule has 0 spiro atoms. The zero-order valence-electron chi connectivity index (χ0n) is 10.6. The lowest BCUT2D eigenvalue weighted by Crippen LogP contribution is -1.96. The van der Waals surface area contributed by atoms with Gasteiger partial charge in [0.25, 0.3) is 0 Å². The van der Waals surface area contributed by atoms with Crippen LogP contribution >= 0.6 is 0 Å². The molecule has 0 aromatic heterocycles. The van der Waals surface area contributed by atoms with E-state index in [-0.39, 0.29) is 11.6 Å². The van der Waals surface area contributed by atoms with Crippen LogP contribution in [0, 0.1) is 12.7 Å². The highest BCUT2D eigenvalue weighted by atomic mass is 19.1. The molecule has 0 amide bonds. The smallest absolute Gasteiger partial charge is 0.187 e. The second-order valence-electron chi connectivity index (χ2n) is 4.23. The van der Waals surface area contributed by atoms with Crippen molar-refractivity contribution in [2.24, 2.45) is 0 Å². The summed E-state index contributed by atoms with van der Waals surface area (Å²) in [7, 11) is 0. The number of carbonyl (C=O) groups is 1. The maximum absolute atomic E-state index is 13.1. The van der Waals surface area contributed by atoms with Crippen molar-refractivity contribution in [2.75, 3.05) is 5.32 Å². The van der Waals surface area contributed by atoms with E-state index < -0.39 is 0 Å². The average molecular weight is 255 g/mol. The molecule has 0 unspecified atom stereocenters. The summed E-state index contributed by atoms with van der Waals surface area (Å²) in [4.78, 5) is 11.8. The van der Waals surface area contributed by atoms with Gasteiger partial charge in [-0.1, -0.05) is 30.3 Å². The van der Waals surface area contributed by atoms with Crippen LogP contribution in [0.1, 0.15) is 15.9 Å². The number of hydrogen-bond acceptors (Lipinski definition) is 2. The Morgan fingerprint density at radius 3 is 2.58 bits per heavy atom. The van der Waals surface area contributed by atoms with E-state index in [2.05, 4.69) is 5.32 Å². The van der Waals surface area contributed by atoms with Gasteiger partial charge in [0.15, 0.2) is 5.78 Å². The summed E-state index contributed by atoms with van der Waals surface area (Å²) < 4.78 is 13.1. The highest BCUT2D eigenvalue weighted by Crippen LogP contribution is 2.13. The Labute approximate surface area is 111 Å². The minimum atomic E-state index is -0.301. The second-order valence-corrected chi connectivity index (χ2v) is 4.23. The molecule has 2 rings (SSSR count). The Balaban J connectivity index is 2.02. The molecule has 1 N–H and O–H groups in total. The molecule has 2 nitrogen and oxygen atoms in total. The fourth-order valence-corrected chi connectivity index (χ4v) is 1.73. The molecule has 2 aromatic rings. The van der Waals surface area contributed by atoms with Gasteiger partial charge in [-0.15, -0.1) is 0 Å². The van der Waals surface area contributed by atoms with Crippen molar-refractivity contribution in [1.82, 2.24) is 0 Å². The van der Waals surface area contributed by atoms with Gasteiger partial charge in [-0.3, -0.25) is 4.79 Å². The Morgan fingerprint density at radius 1 is 1.16 bits per heavy atom. The second kappa shape index (κ2) is 5.96. The zero-order chi connectivity index (χ0) is 13.7. The van der Waals surface area contributed by atoms with E-state index in [1.54, 1.807) is 18.2 Å². The molecule has 0 saturated carbocycles. The monoisotopic (exact) mass is 255 g/mol. The van der Waals surface area contributed by atoms with Crippen LogP contribution in [0.25, 0.3) is 0 Å². The van der Waals surface area contributed by atoms with Gasteiger partial charge in [-0.05, 0) is 30.7 Å². The minimum absolute atomic E-state index is 0.0961. The quantitative estimate of drug-likeness (QED) is 0.662. The number of carbonyl (C=O) groups excluding carboxylic acids is 1. The third-order valence-electron chi connectivity index (χ3n) is 2.59. The summed E-state index contributed by atoms with van der Waals surface area (Å²) in [5, 5.41) is 2.89. The van der Waals surface area contributed by atoms with Gasteiger partial charge in [0.05, 0.1) is 0 Å². The van der Waals surface area contributed by atoms with Gasteiger partial charge in [0, 0.05) is 23.5 Å². The summed E-state index contributed by atoms with van der Waals surface area (Å²) in [5.41, 5.74) is 2.07. The average Bonchev–Trinajstić information content (AvgIpc) is 2.38. The van der Waals surface area contributed by atoms with Crippen LogP contribution in [0.5, 0.6) is 0 Å². The minimum Gasteiger partial charge on any atom is -0.361 e. The molecule has 96 valence electrons. The molecule has 0 bridgehead atoms. The Hall–Kier alpha value is -2.42. The molecular formula is C16H14FNO. The molecule has 3 heteroatoms. The molecule has 0 fully saturated rings. The van der Waals surface area contributed by atoms with Crippen molar-refractivity contribution in [1.29, 1.82) is 0 Å². The molecule has 0 atom stereocenters. The summed E-state index contributed by atoms with van der Waals surface area (Å²) in [6.45, 7) is 1.81. The first-order chi connectivity index (χ1) is 9.15. The normalized spacial score (nSPS) is 10.6. The largest absolute Gasteiger partial charge is 0.361 e. The molecule has 0 saturated heterocycles. The molecule has 2 aromatic carbocycles. The molecule has 0 radical (unpaired) electrons. The zero-order valence-corrected chi connectivity index (χ0v) is 10.6. The fraction of sp³-hybridized carbons (Fsp3) is 0.0625. The number of hydrogen-bond donors (Lipinski definition) is 1. The SMILES string of the molecule is Cc1cc(F)cc(N/C=C\C(=O)c2ccccc2)c1. The lowest BCUT2D eigenvalue weighted by molar-refractivity contribution is 0.104. The molecule has 0 heterocycles. The van der Waals surface area contributed by atoms with E-state index >= 15 is 0 Å². The van der Waals surface area contributed by atoms with Crippen molar-refractivity contribution in [3.8, 4) is 0 Å². The molecule has 0 aliphatic heterocycles. The van der Waals surface area contributed by atoms with Crippen LogP contribution < -0.4 is 5.32 Å². The molecular weight excluding hydrogens is 241 g/mol. The van der Waals surface area contributed by atoms with Crippen LogP contribution in [0.4, 0.5) is 10.1 Å². The number of benzene rings is 2. The van der Waals surface area contributed by atoms with Crippen molar-refractivity contribution >= 4 is 11.5 Å². The van der Waals surface area contributed by atoms with E-state index in [1.165, 1.54) is 24.4 Å². The lowest BCUT2D eigenvalue weighted by Gasteiger charge is -2.02. The number of allylic oxidation sites excluding steroid dienone is 1. The number of rotatable bonds is 4. The van der Waals surface area contributed by atoms with Gasteiger partial charge < -0.3 is 5.32 Å². The third-order valence-corrected chi connectivity index (χ3v) is 2.59. The van der Waals surface area contributed by atoms with E-state index in [0.717, 1.165) is 5.56 Å². The van der Waals surface area contributed by atoms with Crippen LogP contribution in [0.2, 0.25) is 0 Å². The molecule has 19 heavy (non-hydrogen) atoms. The van der Waals surface area contributed by atoms with Crippen LogP contribution in [-0.4, -0.2) is 5.78 Å². The summed E-state index contributed by atoms with van der Waals surface area (Å²) in [6.07, 6.45) is 2.94. The first kappa shape index (κ1) is 13.0. The standard InChI is InChI=1S/C16H14FNO/c1-12-9-14(17)11-15(10-12)18-8-7-16(19)13-5-3-2-4-6-13/h2-11,18H,1H3/b8-7-. The predicted molar refractivity (Wildman–Crippen MR) is 74.7 cm³/mol. The Morgan fingerprint density at radius 2 is 1.89 bits per heavy atom. The Kier molecular flexibility index (Phi) is 4.08. The third kappa shape index (κ3) is 3.78. The maximum Gasteiger partial charge on any atom is 0.187 e. The van der Waals surface area contributed by atoms with Gasteiger partial charge in [0.1, 0.15) is 5.82 Å². The van der Waals surface area contributed by atoms with Crippen molar-refractivity contribution < 1.29 is 9.18 Å². The van der Waals surface area contributed by atoms with Gasteiger partial charge in [0.2, 0.25) is 0 Å². The van der Waals surface area contributed by atoms with E-state index in [4.69, 9.17) is 0 Å². The highest BCUT2D eigenvalue weighted by molar-refractivity contribution is 6.04. The van der Waals surface area contributed by atoms with E-state index in [0.29, 0.717) is 11.3 Å². The predicted octanol–water partition coefficient (Wildman–Crippen LogP) is 3.94. The first-order valence-electron chi connectivity index (χ1n) is 5.95. The van der Waals surface area contributed by atoms with Crippen molar-refractivity contribution in [3.05, 3.63) is 77.8 Å². The van der Waals surface area contributed by atoms with Gasteiger partial charge >= 0.3 is 0 Å². The summed E-state index contributed by atoms with van der Waals surface area (Å²) >= 11 is 0. The number of nitrogens with one attached hydrogen (secondary N) is 1. The van der Waals surface area contributed by atoms with Crippen molar-refractivity contribution in [2.45, 2.75) is 6.92 Å². The fourth-order valence-electron chi connectivity index (χ4n) is 1.73. The van der Waals surface area contributed by atoms with Crippen molar-refractivity contribution in [3.63, 3.8) is 0 Å². The van der Waals surface area contributed by atoms with E-state index in [9.17, 15) is 9.18 Å². The van der Waals surface area contributed by atoms with E-state index in [1.807, 2.05) is 25.1 Å². The number of halogens is 1. The van der Waals surface area contributed by atoms with Crippen LogP contribution in [0.3, 0.4) is 0 Å². The molecule has 0 aliphatic carbocycles. The summed E-state index contributed by atoms with van der Waals surface area (Å²) in [5.74, 6) is -0.397. The highest BCUT2D eigenvalue weighted by Gasteiger charge is 1.99. The van der Waals surface area contributed by atoms with Crippen LogP contribution in [-0.2, 0) is 0 Å². The topological polar surface area (TPSA) is 29.1 Å². The van der Waals surface area contributed by atoms with Gasteiger partial charge in [-0.25, -0.2) is 4.39 Å². The number of anilines is 1. The summed E-state index contributed by atoms with van der Waals surface area (Å²) in [6, 6.07) is 13.6. The Bertz CT molecular complexity index is 585. The maximum atomic E-state index is 13.1. The van der Waals surface area contributed by atoms with Gasteiger partial charge in [-0.2, -0.15) is 0 Å². The number of ketones is 1. The molecule has 0 aliphatic rings. The lowest BCUT2D eigenvalue weighted by atomic mass is 10.1.